The average Bonchev–Trinajstić information content (AvgIpc) is 2.54. The Labute approximate surface area is 145 Å². The molecule has 3 heteroatoms. The van der Waals surface area contributed by atoms with Crippen molar-refractivity contribution in [1.29, 1.82) is 0 Å². The van der Waals surface area contributed by atoms with E-state index in [4.69, 9.17) is 4.74 Å². The maximum absolute atomic E-state index is 12.3. The SMILES string of the molecule is CC1(C)CCC[C@@]2(C)[C@H](COC(=O)c3ccccc3)[C@@H](O)CC[C@@H]12. The molecule has 0 aliphatic heterocycles. The summed E-state index contributed by atoms with van der Waals surface area (Å²) in [5.74, 6) is 0.328. The first-order chi connectivity index (χ1) is 11.3. The minimum Gasteiger partial charge on any atom is -0.462 e. The summed E-state index contributed by atoms with van der Waals surface area (Å²) in [6.45, 7) is 7.35. The van der Waals surface area contributed by atoms with Gasteiger partial charge >= 0.3 is 5.97 Å². The van der Waals surface area contributed by atoms with Crippen molar-refractivity contribution in [3.63, 3.8) is 0 Å². The molecule has 0 amide bonds. The number of hydrogen-bond acceptors (Lipinski definition) is 3. The van der Waals surface area contributed by atoms with Crippen LogP contribution in [-0.2, 0) is 4.74 Å². The normalized spacial score (nSPS) is 35.1. The van der Waals surface area contributed by atoms with Crippen LogP contribution >= 0.6 is 0 Å². The highest BCUT2D eigenvalue weighted by Gasteiger charge is 2.54. The molecule has 3 nitrogen and oxygen atoms in total. The van der Waals surface area contributed by atoms with E-state index in [1.807, 2.05) is 18.2 Å². The van der Waals surface area contributed by atoms with Crippen LogP contribution in [0.2, 0.25) is 0 Å². The van der Waals surface area contributed by atoms with Crippen molar-refractivity contribution in [3.05, 3.63) is 35.9 Å². The minimum atomic E-state index is -0.372. The molecule has 2 aliphatic carbocycles. The lowest BCUT2D eigenvalue weighted by molar-refractivity contribution is -0.137. The van der Waals surface area contributed by atoms with Gasteiger partial charge < -0.3 is 9.84 Å². The number of rotatable bonds is 3. The second-order valence-corrected chi connectivity index (χ2v) is 8.62. The minimum absolute atomic E-state index is 0.0310. The lowest BCUT2D eigenvalue weighted by atomic mass is 9.48. The molecule has 0 saturated heterocycles. The number of esters is 1. The van der Waals surface area contributed by atoms with E-state index in [-0.39, 0.29) is 23.4 Å². The van der Waals surface area contributed by atoms with Gasteiger partial charge in [-0.2, -0.15) is 0 Å². The van der Waals surface area contributed by atoms with E-state index in [0.717, 1.165) is 19.3 Å². The fourth-order valence-electron chi connectivity index (χ4n) is 5.43. The Balaban J connectivity index is 1.74. The van der Waals surface area contributed by atoms with Crippen LogP contribution in [0.15, 0.2) is 30.3 Å². The molecule has 2 aliphatic rings. The van der Waals surface area contributed by atoms with Gasteiger partial charge in [0.15, 0.2) is 0 Å². The van der Waals surface area contributed by atoms with E-state index in [2.05, 4.69) is 20.8 Å². The third kappa shape index (κ3) is 3.11. The van der Waals surface area contributed by atoms with Crippen molar-refractivity contribution in [2.24, 2.45) is 22.7 Å². The van der Waals surface area contributed by atoms with Crippen LogP contribution in [0.4, 0.5) is 0 Å². The van der Waals surface area contributed by atoms with Gasteiger partial charge in [0.1, 0.15) is 0 Å². The van der Waals surface area contributed by atoms with Crippen molar-refractivity contribution in [2.45, 2.75) is 59.0 Å². The Morgan fingerprint density at radius 2 is 1.88 bits per heavy atom. The Morgan fingerprint density at radius 3 is 2.58 bits per heavy atom. The molecule has 24 heavy (non-hydrogen) atoms. The summed E-state index contributed by atoms with van der Waals surface area (Å²) in [4.78, 5) is 12.3. The van der Waals surface area contributed by atoms with Crippen LogP contribution in [0.25, 0.3) is 0 Å². The fraction of sp³-hybridized carbons (Fsp3) is 0.667. The number of fused-ring (bicyclic) bond motifs is 1. The molecule has 0 aromatic heterocycles. The van der Waals surface area contributed by atoms with Crippen molar-refractivity contribution >= 4 is 5.97 Å². The molecule has 1 aromatic rings. The van der Waals surface area contributed by atoms with E-state index in [0.29, 0.717) is 23.5 Å². The van der Waals surface area contributed by atoms with Gasteiger partial charge in [0.2, 0.25) is 0 Å². The zero-order valence-electron chi connectivity index (χ0n) is 15.1. The first-order valence-corrected chi connectivity index (χ1v) is 9.25. The molecule has 0 bridgehead atoms. The van der Waals surface area contributed by atoms with Crippen LogP contribution in [0.5, 0.6) is 0 Å². The number of ether oxygens (including phenoxy) is 1. The Morgan fingerprint density at radius 1 is 1.17 bits per heavy atom. The summed E-state index contributed by atoms with van der Waals surface area (Å²) in [5.41, 5.74) is 0.930. The smallest absolute Gasteiger partial charge is 0.338 e. The van der Waals surface area contributed by atoms with Gasteiger partial charge in [0.05, 0.1) is 18.3 Å². The maximum Gasteiger partial charge on any atom is 0.338 e. The highest BCUT2D eigenvalue weighted by atomic mass is 16.5. The van der Waals surface area contributed by atoms with Gasteiger partial charge in [-0.25, -0.2) is 4.79 Å². The van der Waals surface area contributed by atoms with E-state index >= 15 is 0 Å². The quantitative estimate of drug-likeness (QED) is 0.833. The molecule has 1 N–H and O–H groups in total. The molecular formula is C21H30O3. The molecule has 2 saturated carbocycles. The number of carbonyl (C=O) groups excluding carboxylic acids is 1. The molecule has 0 spiro atoms. The highest BCUT2D eigenvalue weighted by molar-refractivity contribution is 5.89. The predicted octanol–water partition coefficient (Wildman–Crippen LogP) is 4.45. The van der Waals surface area contributed by atoms with Crippen LogP contribution in [0.1, 0.15) is 63.2 Å². The Kier molecular flexibility index (Phi) is 4.74. The first kappa shape index (κ1) is 17.5. The number of aliphatic hydroxyl groups is 1. The molecule has 3 rings (SSSR count). The molecule has 4 atom stereocenters. The van der Waals surface area contributed by atoms with E-state index < -0.39 is 0 Å². The van der Waals surface area contributed by atoms with Crippen LogP contribution in [-0.4, -0.2) is 23.8 Å². The fourth-order valence-corrected chi connectivity index (χ4v) is 5.43. The molecule has 0 heterocycles. The number of carbonyl (C=O) groups is 1. The van der Waals surface area contributed by atoms with Crippen molar-refractivity contribution in [3.8, 4) is 0 Å². The number of aliphatic hydroxyl groups excluding tert-OH is 1. The average molecular weight is 330 g/mol. The molecule has 2 fully saturated rings. The predicted molar refractivity (Wildman–Crippen MR) is 94.7 cm³/mol. The zero-order chi connectivity index (χ0) is 17.4. The van der Waals surface area contributed by atoms with E-state index in [1.54, 1.807) is 12.1 Å². The van der Waals surface area contributed by atoms with Gasteiger partial charge in [-0.3, -0.25) is 0 Å². The van der Waals surface area contributed by atoms with Crippen molar-refractivity contribution in [2.75, 3.05) is 6.61 Å². The Hall–Kier alpha value is -1.35. The van der Waals surface area contributed by atoms with E-state index in [9.17, 15) is 9.90 Å². The zero-order valence-corrected chi connectivity index (χ0v) is 15.1. The molecule has 1 aromatic carbocycles. The molecular weight excluding hydrogens is 300 g/mol. The van der Waals surface area contributed by atoms with Gasteiger partial charge in [0, 0.05) is 5.92 Å². The van der Waals surface area contributed by atoms with E-state index in [1.165, 1.54) is 12.8 Å². The summed E-state index contributed by atoms with van der Waals surface area (Å²) in [7, 11) is 0. The number of hydrogen-bond donors (Lipinski definition) is 1. The summed E-state index contributed by atoms with van der Waals surface area (Å²) < 4.78 is 5.62. The summed E-state index contributed by atoms with van der Waals surface area (Å²) in [6.07, 6.45) is 5.08. The van der Waals surface area contributed by atoms with Crippen LogP contribution < -0.4 is 0 Å². The largest absolute Gasteiger partial charge is 0.462 e. The standard InChI is InChI=1S/C21H30O3/c1-20(2)12-7-13-21(3)16(17(22)10-11-18(20)21)14-24-19(23)15-8-5-4-6-9-15/h4-6,8-9,16-18,22H,7,10-14H2,1-3H3/t16-,17+,18+,21+/m1/s1. The topological polar surface area (TPSA) is 46.5 Å². The van der Waals surface area contributed by atoms with Crippen LogP contribution in [0.3, 0.4) is 0 Å². The third-order valence-corrected chi connectivity index (χ3v) is 6.74. The third-order valence-electron chi connectivity index (χ3n) is 6.74. The summed E-state index contributed by atoms with van der Waals surface area (Å²) in [5, 5.41) is 10.6. The van der Waals surface area contributed by atoms with Crippen molar-refractivity contribution < 1.29 is 14.6 Å². The maximum atomic E-state index is 12.3. The summed E-state index contributed by atoms with van der Waals surface area (Å²) >= 11 is 0. The van der Waals surface area contributed by atoms with Crippen molar-refractivity contribution in [1.82, 2.24) is 0 Å². The summed E-state index contributed by atoms with van der Waals surface area (Å²) in [6, 6.07) is 9.11. The lowest BCUT2D eigenvalue weighted by Gasteiger charge is -2.58. The lowest BCUT2D eigenvalue weighted by Crippen LogP contribution is -2.54. The highest BCUT2D eigenvalue weighted by Crippen LogP contribution is 2.59. The van der Waals surface area contributed by atoms with Gasteiger partial charge in [-0.05, 0) is 54.6 Å². The second kappa shape index (κ2) is 6.51. The Bertz CT molecular complexity index is 580. The van der Waals surface area contributed by atoms with Crippen LogP contribution in [0, 0.1) is 22.7 Å². The molecule has 132 valence electrons. The molecule has 0 radical (unpaired) electrons. The second-order valence-electron chi connectivity index (χ2n) is 8.62. The number of benzene rings is 1. The van der Waals surface area contributed by atoms with Gasteiger partial charge in [-0.15, -0.1) is 0 Å². The van der Waals surface area contributed by atoms with Gasteiger partial charge in [-0.1, -0.05) is 45.4 Å². The first-order valence-electron chi connectivity index (χ1n) is 9.25. The van der Waals surface area contributed by atoms with Gasteiger partial charge in [0.25, 0.3) is 0 Å². The molecule has 0 unspecified atom stereocenters. The monoisotopic (exact) mass is 330 g/mol.